The number of nitrogens with one attached hydrogen (secondary N) is 1. The molecule has 6 heteroatoms. The SMILES string of the molecule is COc1cccc(Nc2ccnc3ccc(S(C)(=O)=O)cc23)c1. The lowest BCUT2D eigenvalue weighted by Gasteiger charge is -2.11. The Bertz CT molecular complexity index is 968. The zero-order chi connectivity index (χ0) is 16.4. The summed E-state index contributed by atoms with van der Waals surface area (Å²) in [5.74, 6) is 0.741. The molecule has 0 bridgehead atoms. The van der Waals surface area contributed by atoms with Crippen molar-refractivity contribution in [1.82, 2.24) is 4.98 Å². The maximum Gasteiger partial charge on any atom is 0.175 e. The minimum absolute atomic E-state index is 0.270. The number of hydrogen-bond acceptors (Lipinski definition) is 5. The molecular formula is C17H16N2O3S. The molecule has 0 aliphatic rings. The molecule has 5 nitrogen and oxygen atoms in total. The van der Waals surface area contributed by atoms with Gasteiger partial charge in [0.25, 0.3) is 0 Å². The fourth-order valence-corrected chi connectivity index (χ4v) is 2.97. The highest BCUT2D eigenvalue weighted by Gasteiger charge is 2.10. The van der Waals surface area contributed by atoms with Gasteiger partial charge in [-0.2, -0.15) is 0 Å². The van der Waals surface area contributed by atoms with Crippen LogP contribution >= 0.6 is 0 Å². The van der Waals surface area contributed by atoms with Crippen molar-refractivity contribution in [3.8, 4) is 5.75 Å². The molecule has 0 atom stereocenters. The summed E-state index contributed by atoms with van der Waals surface area (Å²) in [6.45, 7) is 0. The molecule has 0 aliphatic heterocycles. The standard InChI is InChI=1S/C17H16N2O3S/c1-22-13-5-3-4-12(10-13)19-17-8-9-18-16-7-6-14(11-15(16)17)23(2,20)21/h3-11H,1-2H3,(H,18,19). The molecule has 0 spiro atoms. The highest BCUT2D eigenvalue weighted by molar-refractivity contribution is 7.90. The van der Waals surface area contributed by atoms with Crippen LogP contribution in [0.15, 0.2) is 59.6 Å². The second-order valence-corrected chi connectivity index (χ2v) is 7.18. The van der Waals surface area contributed by atoms with E-state index in [2.05, 4.69) is 10.3 Å². The number of rotatable bonds is 4. The van der Waals surface area contributed by atoms with Gasteiger partial charge in [-0.15, -0.1) is 0 Å². The van der Waals surface area contributed by atoms with Crippen molar-refractivity contribution in [2.75, 3.05) is 18.7 Å². The smallest absolute Gasteiger partial charge is 0.175 e. The van der Waals surface area contributed by atoms with E-state index >= 15 is 0 Å². The molecule has 0 amide bonds. The topological polar surface area (TPSA) is 68.3 Å². The van der Waals surface area contributed by atoms with Gasteiger partial charge in [0.1, 0.15) is 5.75 Å². The van der Waals surface area contributed by atoms with Crippen LogP contribution in [0.1, 0.15) is 0 Å². The van der Waals surface area contributed by atoms with E-state index in [0.29, 0.717) is 0 Å². The van der Waals surface area contributed by atoms with Gasteiger partial charge >= 0.3 is 0 Å². The van der Waals surface area contributed by atoms with Crippen molar-refractivity contribution < 1.29 is 13.2 Å². The van der Waals surface area contributed by atoms with Crippen molar-refractivity contribution in [2.45, 2.75) is 4.90 Å². The third-order valence-electron chi connectivity index (χ3n) is 3.49. The largest absolute Gasteiger partial charge is 0.497 e. The van der Waals surface area contributed by atoms with Crippen LogP contribution < -0.4 is 10.1 Å². The Morgan fingerprint density at radius 1 is 1.09 bits per heavy atom. The summed E-state index contributed by atoms with van der Waals surface area (Å²) in [4.78, 5) is 4.55. The predicted octanol–water partition coefficient (Wildman–Crippen LogP) is 3.39. The van der Waals surface area contributed by atoms with Gasteiger partial charge in [-0.3, -0.25) is 4.98 Å². The molecule has 23 heavy (non-hydrogen) atoms. The van der Waals surface area contributed by atoms with E-state index in [1.54, 1.807) is 31.5 Å². The van der Waals surface area contributed by atoms with Gasteiger partial charge in [0.15, 0.2) is 9.84 Å². The fourth-order valence-electron chi connectivity index (χ4n) is 2.32. The summed E-state index contributed by atoms with van der Waals surface area (Å²) in [7, 11) is -1.66. The molecule has 1 aromatic heterocycles. The highest BCUT2D eigenvalue weighted by atomic mass is 32.2. The monoisotopic (exact) mass is 328 g/mol. The van der Waals surface area contributed by atoms with Gasteiger partial charge in [-0.1, -0.05) is 6.07 Å². The number of anilines is 2. The van der Waals surface area contributed by atoms with E-state index < -0.39 is 9.84 Å². The Balaban J connectivity index is 2.09. The van der Waals surface area contributed by atoms with Crippen molar-refractivity contribution in [3.05, 3.63) is 54.7 Å². The van der Waals surface area contributed by atoms with E-state index in [0.717, 1.165) is 28.0 Å². The van der Waals surface area contributed by atoms with E-state index in [4.69, 9.17) is 4.74 Å². The number of pyridine rings is 1. The molecule has 0 saturated heterocycles. The van der Waals surface area contributed by atoms with Crippen LogP contribution in [0.3, 0.4) is 0 Å². The molecule has 0 aliphatic carbocycles. The Labute approximate surface area is 134 Å². The number of aromatic nitrogens is 1. The molecule has 3 aromatic rings. The van der Waals surface area contributed by atoms with Crippen LogP contribution in [0.5, 0.6) is 5.75 Å². The quantitative estimate of drug-likeness (QED) is 0.795. The van der Waals surface area contributed by atoms with Crippen molar-refractivity contribution in [3.63, 3.8) is 0 Å². The second-order valence-electron chi connectivity index (χ2n) is 5.17. The Hall–Kier alpha value is -2.60. The summed E-state index contributed by atoms with van der Waals surface area (Å²) < 4.78 is 28.8. The Morgan fingerprint density at radius 2 is 1.91 bits per heavy atom. The number of sulfone groups is 1. The minimum atomic E-state index is -3.27. The molecule has 1 N–H and O–H groups in total. The summed E-state index contributed by atoms with van der Waals surface area (Å²) in [6, 6.07) is 14.3. The zero-order valence-electron chi connectivity index (χ0n) is 12.8. The molecular weight excluding hydrogens is 312 g/mol. The lowest BCUT2D eigenvalue weighted by atomic mass is 10.2. The number of benzene rings is 2. The summed E-state index contributed by atoms with van der Waals surface area (Å²) in [5, 5.41) is 4.03. The molecule has 0 radical (unpaired) electrons. The summed E-state index contributed by atoms with van der Waals surface area (Å²) in [5.41, 5.74) is 2.36. The average Bonchev–Trinajstić information content (AvgIpc) is 2.54. The van der Waals surface area contributed by atoms with E-state index in [-0.39, 0.29) is 4.90 Å². The highest BCUT2D eigenvalue weighted by Crippen LogP contribution is 2.28. The normalized spacial score (nSPS) is 11.4. The first-order valence-corrected chi connectivity index (χ1v) is 8.86. The van der Waals surface area contributed by atoms with Crippen molar-refractivity contribution >= 4 is 32.1 Å². The number of nitrogens with zero attached hydrogens (tertiary/aromatic N) is 1. The molecule has 3 rings (SSSR count). The summed E-state index contributed by atoms with van der Waals surface area (Å²) in [6.07, 6.45) is 2.88. The maximum absolute atomic E-state index is 11.8. The third-order valence-corrected chi connectivity index (χ3v) is 4.60. The number of ether oxygens (including phenoxy) is 1. The Kier molecular flexibility index (Phi) is 3.92. The van der Waals surface area contributed by atoms with Gasteiger partial charge in [-0.25, -0.2) is 8.42 Å². The van der Waals surface area contributed by atoms with Gasteiger partial charge in [0, 0.05) is 35.3 Å². The molecule has 118 valence electrons. The molecule has 1 heterocycles. The van der Waals surface area contributed by atoms with Gasteiger partial charge in [0.2, 0.25) is 0 Å². The van der Waals surface area contributed by atoms with Crippen LogP contribution in [0.2, 0.25) is 0 Å². The average molecular weight is 328 g/mol. The third kappa shape index (κ3) is 3.27. The second kappa shape index (κ2) is 5.89. The zero-order valence-corrected chi connectivity index (χ0v) is 13.6. The number of fused-ring (bicyclic) bond motifs is 1. The van der Waals surface area contributed by atoms with E-state index in [1.165, 1.54) is 6.26 Å². The lowest BCUT2D eigenvalue weighted by Crippen LogP contribution is -1.98. The maximum atomic E-state index is 11.8. The first-order chi connectivity index (χ1) is 11.0. The molecule has 0 unspecified atom stereocenters. The lowest BCUT2D eigenvalue weighted by molar-refractivity contribution is 0.415. The Morgan fingerprint density at radius 3 is 2.65 bits per heavy atom. The van der Waals surface area contributed by atoms with E-state index in [9.17, 15) is 8.42 Å². The van der Waals surface area contributed by atoms with Crippen LogP contribution in [0.4, 0.5) is 11.4 Å². The molecule has 2 aromatic carbocycles. The number of hydrogen-bond donors (Lipinski definition) is 1. The van der Waals surface area contributed by atoms with Crippen LogP contribution in [-0.2, 0) is 9.84 Å². The van der Waals surface area contributed by atoms with Gasteiger partial charge in [-0.05, 0) is 36.4 Å². The van der Waals surface area contributed by atoms with Crippen LogP contribution in [0.25, 0.3) is 10.9 Å². The van der Waals surface area contributed by atoms with Crippen LogP contribution in [0, 0.1) is 0 Å². The molecule has 0 saturated carbocycles. The minimum Gasteiger partial charge on any atom is -0.497 e. The first-order valence-electron chi connectivity index (χ1n) is 6.97. The summed E-state index contributed by atoms with van der Waals surface area (Å²) >= 11 is 0. The fraction of sp³-hybridized carbons (Fsp3) is 0.118. The van der Waals surface area contributed by atoms with Gasteiger partial charge in [0.05, 0.1) is 17.5 Å². The van der Waals surface area contributed by atoms with Crippen LogP contribution in [-0.4, -0.2) is 26.8 Å². The molecule has 0 fully saturated rings. The van der Waals surface area contributed by atoms with Crippen molar-refractivity contribution in [2.24, 2.45) is 0 Å². The predicted molar refractivity (Wildman–Crippen MR) is 91.1 cm³/mol. The van der Waals surface area contributed by atoms with E-state index in [1.807, 2.05) is 30.3 Å². The van der Waals surface area contributed by atoms with Gasteiger partial charge < -0.3 is 10.1 Å². The van der Waals surface area contributed by atoms with Crippen molar-refractivity contribution in [1.29, 1.82) is 0 Å². The first kappa shape index (κ1) is 15.3. The number of methoxy groups -OCH3 is 1.